The predicted molar refractivity (Wildman–Crippen MR) is 58.2 cm³/mol. The van der Waals surface area contributed by atoms with E-state index in [0.717, 1.165) is 31.2 Å². The van der Waals surface area contributed by atoms with Gasteiger partial charge in [0, 0.05) is 5.92 Å². The molecular formula is C13H17FO. The van der Waals surface area contributed by atoms with Gasteiger partial charge in [0.1, 0.15) is 5.82 Å². The van der Waals surface area contributed by atoms with Gasteiger partial charge < -0.3 is 5.11 Å². The maximum atomic E-state index is 12.8. The zero-order valence-corrected chi connectivity index (χ0v) is 9.04. The Labute approximate surface area is 89.9 Å². The fraction of sp³-hybridized carbons (Fsp3) is 0.538. The summed E-state index contributed by atoms with van der Waals surface area (Å²) in [5, 5.41) is 10.3. The summed E-state index contributed by atoms with van der Waals surface area (Å²) in [5.41, 5.74) is 0.521. The van der Waals surface area contributed by atoms with Crippen molar-refractivity contribution in [2.24, 2.45) is 0 Å². The van der Waals surface area contributed by atoms with E-state index >= 15 is 0 Å². The molecule has 0 amide bonds. The van der Waals surface area contributed by atoms with Crippen molar-refractivity contribution in [1.82, 2.24) is 0 Å². The fourth-order valence-corrected chi connectivity index (χ4v) is 2.51. The first-order chi connectivity index (χ1) is 7.15. The molecular weight excluding hydrogens is 191 g/mol. The van der Waals surface area contributed by atoms with Crippen molar-refractivity contribution in [3.05, 3.63) is 35.6 Å². The van der Waals surface area contributed by atoms with E-state index in [0.29, 0.717) is 0 Å². The lowest BCUT2D eigenvalue weighted by molar-refractivity contribution is -0.0583. The average Bonchev–Trinajstić information content (AvgIpc) is 2.19. The lowest BCUT2D eigenvalue weighted by Crippen LogP contribution is -2.42. The van der Waals surface area contributed by atoms with Crippen molar-refractivity contribution in [3.63, 3.8) is 0 Å². The van der Waals surface area contributed by atoms with Gasteiger partial charge in [-0.2, -0.15) is 0 Å². The fourth-order valence-electron chi connectivity index (χ4n) is 2.51. The molecule has 0 saturated heterocycles. The molecule has 1 aliphatic carbocycles. The van der Waals surface area contributed by atoms with Crippen molar-refractivity contribution < 1.29 is 9.50 Å². The zero-order valence-electron chi connectivity index (χ0n) is 9.04. The second kappa shape index (κ2) is 3.93. The van der Waals surface area contributed by atoms with Crippen molar-refractivity contribution in [1.29, 1.82) is 0 Å². The summed E-state index contributed by atoms with van der Waals surface area (Å²) in [6, 6.07) is 6.53. The SMILES string of the molecule is CC[C@@H](c1ccc(F)cc1)C1(O)CCC1. The Kier molecular flexibility index (Phi) is 2.79. The summed E-state index contributed by atoms with van der Waals surface area (Å²) in [6.45, 7) is 2.07. The summed E-state index contributed by atoms with van der Waals surface area (Å²) < 4.78 is 12.8. The van der Waals surface area contributed by atoms with Gasteiger partial charge >= 0.3 is 0 Å². The minimum atomic E-state index is -0.535. The van der Waals surface area contributed by atoms with Gasteiger partial charge in [0.25, 0.3) is 0 Å². The lowest BCUT2D eigenvalue weighted by Gasteiger charge is -2.43. The maximum Gasteiger partial charge on any atom is 0.123 e. The first-order valence-electron chi connectivity index (χ1n) is 5.63. The number of benzene rings is 1. The Morgan fingerprint density at radius 2 is 1.93 bits per heavy atom. The highest BCUT2D eigenvalue weighted by Crippen LogP contribution is 2.44. The largest absolute Gasteiger partial charge is 0.389 e. The van der Waals surface area contributed by atoms with E-state index < -0.39 is 5.60 Å². The third kappa shape index (κ3) is 1.91. The van der Waals surface area contributed by atoms with Crippen LogP contribution in [0.25, 0.3) is 0 Å². The Morgan fingerprint density at radius 1 is 1.33 bits per heavy atom. The molecule has 1 fully saturated rings. The van der Waals surface area contributed by atoms with Crippen LogP contribution in [0.4, 0.5) is 4.39 Å². The van der Waals surface area contributed by atoms with Gasteiger partial charge in [-0.05, 0) is 43.4 Å². The van der Waals surface area contributed by atoms with Crippen molar-refractivity contribution >= 4 is 0 Å². The maximum absolute atomic E-state index is 12.8. The quantitative estimate of drug-likeness (QED) is 0.808. The molecule has 0 heterocycles. The highest BCUT2D eigenvalue weighted by molar-refractivity contribution is 5.24. The number of halogens is 1. The first kappa shape index (κ1) is 10.6. The van der Waals surface area contributed by atoms with Gasteiger partial charge in [0.05, 0.1) is 5.60 Å². The van der Waals surface area contributed by atoms with Crippen LogP contribution in [0.1, 0.15) is 44.1 Å². The van der Waals surface area contributed by atoms with Crippen LogP contribution in [0.15, 0.2) is 24.3 Å². The molecule has 0 spiro atoms. The molecule has 15 heavy (non-hydrogen) atoms. The number of hydrogen-bond acceptors (Lipinski definition) is 1. The monoisotopic (exact) mass is 208 g/mol. The highest BCUT2D eigenvalue weighted by atomic mass is 19.1. The Bertz CT molecular complexity index is 327. The van der Waals surface area contributed by atoms with Crippen LogP contribution >= 0.6 is 0 Å². The van der Waals surface area contributed by atoms with Crippen LogP contribution in [-0.2, 0) is 0 Å². The van der Waals surface area contributed by atoms with Crippen molar-refractivity contribution in [2.45, 2.75) is 44.1 Å². The normalized spacial score (nSPS) is 20.7. The van der Waals surface area contributed by atoms with Crippen molar-refractivity contribution in [2.75, 3.05) is 0 Å². The van der Waals surface area contributed by atoms with E-state index in [1.54, 1.807) is 12.1 Å². The van der Waals surface area contributed by atoms with Crippen LogP contribution in [0.2, 0.25) is 0 Å². The molecule has 1 N–H and O–H groups in total. The molecule has 1 saturated carbocycles. The molecule has 1 aromatic carbocycles. The van der Waals surface area contributed by atoms with E-state index in [9.17, 15) is 9.50 Å². The first-order valence-corrected chi connectivity index (χ1v) is 5.63. The molecule has 0 aromatic heterocycles. The lowest BCUT2D eigenvalue weighted by atomic mass is 9.68. The summed E-state index contributed by atoms with van der Waals surface area (Å²) in [4.78, 5) is 0. The van der Waals surface area contributed by atoms with Gasteiger partial charge in [-0.25, -0.2) is 4.39 Å². The topological polar surface area (TPSA) is 20.2 Å². The zero-order chi connectivity index (χ0) is 10.9. The van der Waals surface area contributed by atoms with E-state index in [2.05, 4.69) is 6.92 Å². The Morgan fingerprint density at radius 3 is 2.33 bits per heavy atom. The van der Waals surface area contributed by atoms with E-state index in [4.69, 9.17) is 0 Å². The van der Waals surface area contributed by atoms with E-state index in [-0.39, 0.29) is 11.7 Å². The predicted octanol–water partition coefficient (Wildman–Crippen LogP) is 3.23. The minimum absolute atomic E-state index is 0.159. The number of rotatable bonds is 3. The van der Waals surface area contributed by atoms with Crippen LogP contribution < -0.4 is 0 Å². The third-order valence-corrected chi connectivity index (χ3v) is 3.55. The number of hydrogen-bond donors (Lipinski definition) is 1. The summed E-state index contributed by atoms with van der Waals surface area (Å²) in [7, 11) is 0. The molecule has 1 aromatic rings. The second-order valence-electron chi connectivity index (χ2n) is 4.47. The number of aliphatic hydroxyl groups is 1. The second-order valence-corrected chi connectivity index (χ2v) is 4.47. The van der Waals surface area contributed by atoms with Crippen LogP contribution in [0.3, 0.4) is 0 Å². The molecule has 1 atom stereocenters. The van der Waals surface area contributed by atoms with E-state index in [1.165, 1.54) is 12.1 Å². The van der Waals surface area contributed by atoms with Gasteiger partial charge in [-0.15, -0.1) is 0 Å². The molecule has 1 aliphatic rings. The molecule has 82 valence electrons. The van der Waals surface area contributed by atoms with Crippen LogP contribution in [-0.4, -0.2) is 10.7 Å². The molecule has 0 bridgehead atoms. The Hall–Kier alpha value is -0.890. The molecule has 0 unspecified atom stereocenters. The average molecular weight is 208 g/mol. The molecule has 1 nitrogen and oxygen atoms in total. The van der Waals surface area contributed by atoms with Gasteiger partial charge in [-0.1, -0.05) is 19.1 Å². The van der Waals surface area contributed by atoms with Gasteiger partial charge in [0.2, 0.25) is 0 Å². The van der Waals surface area contributed by atoms with Gasteiger partial charge in [0.15, 0.2) is 0 Å². The van der Waals surface area contributed by atoms with Gasteiger partial charge in [-0.3, -0.25) is 0 Å². The third-order valence-electron chi connectivity index (χ3n) is 3.55. The molecule has 2 rings (SSSR count). The Balaban J connectivity index is 2.22. The van der Waals surface area contributed by atoms with Crippen LogP contribution in [0.5, 0.6) is 0 Å². The summed E-state index contributed by atoms with van der Waals surface area (Å²) in [5.74, 6) is -0.0546. The smallest absolute Gasteiger partial charge is 0.123 e. The molecule has 0 radical (unpaired) electrons. The summed E-state index contributed by atoms with van der Waals surface area (Å²) >= 11 is 0. The highest BCUT2D eigenvalue weighted by Gasteiger charge is 2.41. The summed E-state index contributed by atoms with van der Waals surface area (Å²) in [6.07, 6.45) is 3.77. The van der Waals surface area contributed by atoms with E-state index in [1.807, 2.05) is 0 Å². The molecule has 2 heteroatoms. The molecule has 0 aliphatic heterocycles. The minimum Gasteiger partial charge on any atom is -0.389 e. The van der Waals surface area contributed by atoms with Crippen LogP contribution in [0, 0.1) is 5.82 Å². The standard InChI is InChI=1S/C13H17FO/c1-2-12(13(15)8-3-9-13)10-4-6-11(14)7-5-10/h4-7,12,15H,2-3,8-9H2,1H3/t12-/m0/s1. The van der Waals surface area contributed by atoms with Crippen molar-refractivity contribution in [3.8, 4) is 0 Å².